The van der Waals surface area contributed by atoms with Gasteiger partial charge in [-0.05, 0) is 30.5 Å². The highest BCUT2D eigenvalue weighted by Gasteiger charge is 2.35. The van der Waals surface area contributed by atoms with E-state index >= 15 is 0 Å². The molecule has 0 amide bonds. The molecule has 0 bridgehead atoms. The molecule has 0 atom stereocenters. The van der Waals surface area contributed by atoms with E-state index in [1.54, 1.807) is 18.7 Å². The third-order valence-electron chi connectivity index (χ3n) is 6.11. The third-order valence-corrected chi connectivity index (χ3v) is 6.11. The van der Waals surface area contributed by atoms with E-state index in [4.69, 9.17) is 9.47 Å². The van der Waals surface area contributed by atoms with Gasteiger partial charge in [-0.25, -0.2) is 4.98 Å². The van der Waals surface area contributed by atoms with Crippen LogP contribution >= 0.6 is 0 Å². The number of methoxy groups -OCH3 is 2. The molecule has 8 heteroatoms. The monoisotopic (exact) mass is 431 g/mol. The van der Waals surface area contributed by atoms with Crippen molar-refractivity contribution in [3.05, 3.63) is 66.5 Å². The molecule has 0 saturated carbocycles. The van der Waals surface area contributed by atoms with Crippen LogP contribution in [0.2, 0.25) is 0 Å². The van der Waals surface area contributed by atoms with Gasteiger partial charge < -0.3 is 19.5 Å². The van der Waals surface area contributed by atoms with E-state index in [2.05, 4.69) is 20.0 Å². The van der Waals surface area contributed by atoms with Gasteiger partial charge in [0.25, 0.3) is 5.78 Å². The van der Waals surface area contributed by atoms with Gasteiger partial charge in [0.05, 0.1) is 25.5 Å². The molecule has 3 heterocycles. The summed E-state index contributed by atoms with van der Waals surface area (Å²) in [5.74, 6) is 2.80. The van der Waals surface area contributed by atoms with Crippen LogP contribution in [0.3, 0.4) is 0 Å². The Morgan fingerprint density at radius 3 is 2.28 bits per heavy atom. The minimum absolute atomic E-state index is 0.555. The van der Waals surface area contributed by atoms with Gasteiger partial charge in [-0.2, -0.15) is 14.6 Å². The molecule has 8 nitrogen and oxygen atoms in total. The van der Waals surface area contributed by atoms with Crippen molar-refractivity contribution in [1.82, 2.24) is 19.6 Å². The first-order valence-electron chi connectivity index (χ1n) is 10.6. The molecule has 1 N–H and O–H groups in total. The fraction of sp³-hybridized carbons (Fsp3) is 0.292. The molecule has 32 heavy (non-hydrogen) atoms. The Bertz CT molecular complexity index is 1210. The summed E-state index contributed by atoms with van der Waals surface area (Å²) in [5.41, 5.74) is 1.71. The lowest BCUT2D eigenvalue weighted by molar-refractivity contribution is 0.0112. The number of fused-ring (bicyclic) bond motifs is 1. The van der Waals surface area contributed by atoms with Crippen LogP contribution in [0.4, 0.5) is 5.82 Å². The quantitative estimate of drug-likeness (QED) is 0.519. The summed E-state index contributed by atoms with van der Waals surface area (Å²) in [6.07, 6.45) is 2.63. The first-order chi connectivity index (χ1) is 15.6. The maximum absolute atomic E-state index is 11.5. The summed E-state index contributed by atoms with van der Waals surface area (Å²) in [6.45, 7) is 1.31. The molecular weight excluding hydrogens is 406 g/mol. The number of benzene rings is 2. The number of nitrogens with zero attached hydrogens (tertiary/aromatic N) is 5. The normalized spacial score (nSPS) is 15.7. The molecular formula is C24H25N5O3. The van der Waals surface area contributed by atoms with E-state index in [1.165, 1.54) is 6.33 Å². The maximum Gasteiger partial charge on any atom is 0.254 e. The number of aromatic nitrogens is 4. The SMILES string of the molecule is COc1cc(OC)cc(C2(O)CCN(c3cc(-c4ccccc4)nc4ncnn34)CC2)c1. The lowest BCUT2D eigenvalue weighted by Crippen LogP contribution is -2.43. The average molecular weight is 431 g/mol. The molecule has 0 radical (unpaired) electrons. The Kier molecular flexibility index (Phi) is 5.14. The Morgan fingerprint density at radius 2 is 1.62 bits per heavy atom. The predicted octanol–water partition coefficient (Wildman–Crippen LogP) is 3.30. The van der Waals surface area contributed by atoms with Gasteiger partial charge in [-0.15, -0.1) is 0 Å². The molecule has 0 unspecified atom stereocenters. The van der Waals surface area contributed by atoms with E-state index in [0.717, 1.165) is 22.6 Å². The van der Waals surface area contributed by atoms with Crippen LogP contribution in [0.15, 0.2) is 60.9 Å². The lowest BCUT2D eigenvalue weighted by atomic mass is 9.84. The van der Waals surface area contributed by atoms with Crippen molar-refractivity contribution >= 4 is 11.6 Å². The summed E-state index contributed by atoms with van der Waals surface area (Å²) in [6, 6.07) is 17.7. The van der Waals surface area contributed by atoms with Crippen molar-refractivity contribution in [2.45, 2.75) is 18.4 Å². The fourth-order valence-corrected chi connectivity index (χ4v) is 4.25. The number of rotatable bonds is 5. The van der Waals surface area contributed by atoms with Crippen LogP contribution in [0, 0.1) is 0 Å². The zero-order chi connectivity index (χ0) is 22.1. The summed E-state index contributed by atoms with van der Waals surface area (Å²) in [4.78, 5) is 11.2. The van der Waals surface area contributed by atoms with Gasteiger partial charge in [-0.1, -0.05) is 30.3 Å². The van der Waals surface area contributed by atoms with E-state index in [9.17, 15) is 5.11 Å². The molecule has 1 aliphatic rings. The molecule has 0 spiro atoms. The Balaban J connectivity index is 1.45. The van der Waals surface area contributed by atoms with Gasteiger partial charge in [0.2, 0.25) is 0 Å². The zero-order valence-electron chi connectivity index (χ0n) is 18.1. The highest BCUT2D eigenvalue weighted by atomic mass is 16.5. The summed E-state index contributed by atoms with van der Waals surface area (Å²) < 4.78 is 12.5. The topological polar surface area (TPSA) is 85.0 Å². The van der Waals surface area contributed by atoms with Gasteiger partial charge in [0.1, 0.15) is 23.6 Å². The average Bonchev–Trinajstić information content (AvgIpc) is 3.33. The molecule has 2 aromatic heterocycles. The standard InChI is InChI=1S/C24H25N5O3/c1-31-19-12-18(13-20(14-19)32-2)24(30)8-10-28(11-9-24)22-15-21(17-6-4-3-5-7-17)27-23-25-16-26-29(22)23/h3-7,12-16,30H,8-11H2,1-2H3. The van der Waals surface area contributed by atoms with Crippen molar-refractivity contribution in [3.63, 3.8) is 0 Å². The van der Waals surface area contributed by atoms with E-state index in [1.807, 2.05) is 54.6 Å². The molecule has 5 rings (SSSR count). The second-order valence-corrected chi connectivity index (χ2v) is 7.96. The first kappa shape index (κ1) is 20.3. The Morgan fingerprint density at radius 1 is 0.938 bits per heavy atom. The van der Waals surface area contributed by atoms with E-state index in [0.29, 0.717) is 43.2 Å². The Labute approximate surface area is 186 Å². The highest BCUT2D eigenvalue weighted by molar-refractivity contribution is 5.65. The number of anilines is 1. The van der Waals surface area contributed by atoms with Crippen molar-refractivity contribution in [3.8, 4) is 22.8 Å². The van der Waals surface area contributed by atoms with Gasteiger partial charge >= 0.3 is 0 Å². The van der Waals surface area contributed by atoms with Crippen LogP contribution in [0.5, 0.6) is 11.5 Å². The summed E-state index contributed by atoms with van der Waals surface area (Å²) >= 11 is 0. The maximum atomic E-state index is 11.5. The molecule has 1 aliphatic heterocycles. The summed E-state index contributed by atoms with van der Waals surface area (Å²) in [5, 5.41) is 15.8. The van der Waals surface area contributed by atoms with E-state index < -0.39 is 5.60 Å². The minimum Gasteiger partial charge on any atom is -0.497 e. The van der Waals surface area contributed by atoms with Gasteiger partial charge in [0.15, 0.2) is 0 Å². The predicted molar refractivity (Wildman–Crippen MR) is 121 cm³/mol. The molecule has 4 aromatic rings. The van der Waals surface area contributed by atoms with Crippen LogP contribution < -0.4 is 14.4 Å². The van der Waals surface area contributed by atoms with Gasteiger partial charge in [-0.3, -0.25) is 0 Å². The highest BCUT2D eigenvalue weighted by Crippen LogP contribution is 2.38. The second-order valence-electron chi connectivity index (χ2n) is 7.96. The van der Waals surface area contributed by atoms with Crippen LogP contribution in [-0.2, 0) is 5.60 Å². The molecule has 0 aliphatic carbocycles. The number of hydrogen-bond acceptors (Lipinski definition) is 7. The molecule has 1 saturated heterocycles. The number of ether oxygens (including phenoxy) is 2. The van der Waals surface area contributed by atoms with Crippen LogP contribution in [0.1, 0.15) is 18.4 Å². The zero-order valence-corrected chi connectivity index (χ0v) is 18.1. The van der Waals surface area contributed by atoms with Crippen molar-refractivity contribution in [2.24, 2.45) is 0 Å². The lowest BCUT2D eigenvalue weighted by Gasteiger charge is -2.39. The number of aliphatic hydroxyl groups is 1. The first-order valence-corrected chi connectivity index (χ1v) is 10.6. The van der Waals surface area contributed by atoms with Crippen LogP contribution in [0.25, 0.3) is 17.0 Å². The van der Waals surface area contributed by atoms with E-state index in [-0.39, 0.29) is 0 Å². The third kappa shape index (κ3) is 3.62. The second kappa shape index (κ2) is 8.12. The molecule has 164 valence electrons. The van der Waals surface area contributed by atoms with Crippen molar-refractivity contribution < 1.29 is 14.6 Å². The molecule has 2 aromatic carbocycles. The molecule has 1 fully saturated rings. The Hall–Kier alpha value is -3.65. The number of hydrogen-bond donors (Lipinski definition) is 1. The fourth-order valence-electron chi connectivity index (χ4n) is 4.25. The van der Waals surface area contributed by atoms with Gasteiger partial charge in [0, 0.05) is 30.8 Å². The van der Waals surface area contributed by atoms with Crippen LogP contribution in [-0.4, -0.2) is 52.0 Å². The summed E-state index contributed by atoms with van der Waals surface area (Å²) in [7, 11) is 3.23. The largest absolute Gasteiger partial charge is 0.497 e. The number of piperidine rings is 1. The van der Waals surface area contributed by atoms with Crippen molar-refractivity contribution in [2.75, 3.05) is 32.2 Å². The minimum atomic E-state index is -0.963. The smallest absolute Gasteiger partial charge is 0.254 e. The van der Waals surface area contributed by atoms with Crippen molar-refractivity contribution in [1.29, 1.82) is 0 Å².